The molecule has 0 unspecified atom stereocenters. The quantitative estimate of drug-likeness (QED) is 0.725. The van der Waals surface area contributed by atoms with E-state index in [0.717, 1.165) is 0 Å². The highest BCUT2D eigenvalue weighted by Crippen LogP contribution is 2.05. The number of aromatic nitrogens is 1. The van der Waals surface area contributed by atoms with Gasteiger partial charge in [-0.2, -0.15) is 0 Å². The van der Waals surface area contributed by atoms with Gasteiger partial charge in [0.05, 0.1) is 18.6 Å². The van der Waals surface area contributed by atoms with Crippen molar-refractivity contribution in [3.63, 3.8) is 0 Å². The highest BCUT2D eigenvalue weighted by Gasteiger charge is 2.17. The molecule has 0 saturated heterocycles. The largest absolute Gasteiger partial charge is 0.478 e. The Hall–Kier alpha value is -2.44. The minimum absolute atomic E-state index is 0.0226. The molecule has 0 saturated carbocycles. The molecule has 1 aromatic heterocycles. The molecule has 7 heteroatoms. The van der Waals surface area contributed by atoms with E-state index < -0.39 is 17.8 Å². The van der Waals surface area contributed by atoms with Gasteiger partial charge in [0, 0.05) is 12.7 Å². The lowest BCUT2D eigenvalue weighted by atomic mass is 10.2. The standard InChI is InChI=1S/C12H14N2O5/c1-2-19-9(15)5-7-14-11(16)10-8(12(17)18)4-3-6-13-10/h3-4,6H,2,5,7H2,1H3,(H,14,16)(H,17,18). The van der Waals surface area contributed by atoms with Crippen molar-refractivity contribution in [2.45, 2.75) is 13.3 Å². The SMILES string of the molecule is CCOC(=O)CCNC(=O)c1ncccc1C(=O)O. The highest BCUT2D eigenvalue weighted by atomic mass is 16.5. The number of carboxylic acids is 1. The van der Waals surface area contributed by atoms with Crippen molar-refractivity contribution in [2.75, 3.05) is 13.2 Å². The Morgan fingerprint density at radius 1 is 1.42 bits per heavy atom. The number of aromatic carboxylic acids is 1. The molecular formula is C12H14N2O5. The van der Waals surface area contributed by atoms with E-state index in [1.165, 1.54) is 18.3 Å². The second kappa shape index (κ2) is 7.10. The molecule has 0 aliphatic heterocycles. The van der Waals surface area contributed by atoms with Crippen molar-refractivity contribution in [3.8, 4) is 0 Å². The Bertz CT molecular complexity index is 487. The number of amides is 1. The Labute approximate surface area is 109 Å². The maximum Gasteiger partial charge on any atom is 0.338 e. The number of pyridine rings is 1. The minimum atomic E-state index is -1.23. The smallest absolute Gasteiger partial charge is 0.338 e. The molecule has 0 radical (unpaired) electrons. The fourth-order valence-corrected chi connectivity index (χ4v) is 1.35. The van der Waals surface area contributed by atoms with Crippen molar-refractivity contribution in [1.82, 2.24) is 10.3 Å². The lowest BCUT2D eigenvalue weighted by Crippen LogP contribution is -2.29. The summed E-state index contributed by atoms with van der Waals surface area (Å²) in [6.07, 6.45) is 1.35. The predicted molar refractivity (Wildman–Crippen MR) is 64.8 cm³/mol. The van der Waals surface area contributed by atoms with Crippen LogP contribution in [0.15, 0.2) is 18.3 Å². The first-order valence-corrected chi connectivity index (χ1v) is 5.68. The monoisotopic (exact) mass is 266 g/mol. The summed E-state index contributed by atoms with van der Waals surface area (Å²) in [5.41, 5.74) is -0.366. The average molecular weight is 266 g/mol. The van der Waals surface area contributed by atoms with Gasteiger partial charge in [0.1, 0.15) is 5.69 Å². The van der Waals surface area contributed by atoms with Crippen molar-refractivity contribution >= 4 is 17.8 Å². The summed E-state index contributed by atoms with van der Waals surface area (Å²) in [7, 11) is 0. The number of carboxylic acid groups (broad SMARTS) is 1. The first kappa shape index (κ1) is 14.6. The lowest BCUT2D eigenvalue weighted by Gasteiger charge is -2.06. The van der Waals surface area contributed by atoms with E-state index in [1.54, 1.807) is 6.92 Å². The Morgan fingerprint density at radius 2 is 2.16 bits per heavy atom. The number of carbonyl (C=O) groups is 3. The van der Waals surface area contributed by atoms with Gasteiger partial charge >= 0.3 is 11.9 Å². The zero-order valence-electron chi connectivity index (χ0n) is 10.4. The van der Waals surface area contributed by atoms with Gasteiger partial charge in [-0.15, -0.1) is 0 Å². The van der Waals surface area contributed by atoms with E-state index in [0.29, 0.717) is 0 Å². The molecule has 0 aromatic carbocycles. The average Bonchev–Trinajstić information content (AvgIpc) is 2.38. The zero-order valence-corrected chi connectivity index (χ0v) is 10.4. The van der Waals surface area contributed by atoms with E-state index in [-0.39, 0.29) is 30.8 Å². The van der Waals surface area contributed by atoms with Crippen LogP contribution in [0.1, 0.15) is 34.2 Å². The fraction of sp³-hybridized carbons (Fsp3) is 0.333. The summed E-state index contributed by atoms with van der Waals surface area (Å²) in [5, 5.41) is 11.3. The lowest BCUT2D eigenvalue weighted by molar-refractivity contribution is -0.142. The Morgan fingerprint density at radius 3 is 2.79 bits per heavy atom. The minimum Gasteiger partial charge on any atom is -0.478 e. The van der Waals surface area contributed by atoms with Crippen LogP contribution in [0.2, 0.25) is 0 Å². The number of ether oxygens (including phenoxy) is 1. The zero-order chi connectivity index (χ0) is 14.3. The number of hydrogen-bond acceptors (Lipinski definition) is 5. The summed E-state index contributed by atoms with van der Waals surface area (Å²) in [6.45, 7) is 2.02. The summed E-state index contributed by atoms with van der Waals surface area (Å²) in [5.74, 6) is -2.30. The van der Waals surface area contributed by atoms with Crippen LogP contribution in [-0.4, -0.2) is 41.1 Å². The molecule has 19 heavy (non-hydrogen) atoms. The van der Waals surface area contributed by atoms with Gasteiger partial charge in [0.25, 0.3) is 5.91 Å². The van der Waals surface area contributed by atoms with E-state index >= 15 is 0 Å². The number of carbonyl (C=O) groups excluding carboxylic acids is 2. The third-order valence-corrected chi connectivity index (χ3v) is 2.17. The van der Waals surface area contributed by atoms with E-state index in [1.807, 2.05) is 0 Å². The maximum absolute atomic E-state index is 11.7. The molecule has 0 atom stereocenters. The van der Waals surface area contributed by atoms with Crippen molar-refractivity contribution < 1.29 is 24.2 Å². The first-order chi connectivity index (χ1) is 9.06. The van der Waals surface area contributed by atoms with Gasteiger partial charge in [0.15, 0.2) is 0 Å². The van der Waals surface area contributed by atoms with Crippen LogP contribution >= 0.6 is 0 Å². The summed E-state index contributed by atoms with van der Waals surface area (Å²) < 4.78 is 4.69. The van der Waals surface area contributed by atoms with Gasteiger partial charge in [-0.25, -0.2) is 4.79 Å². The van der Waals surface area contributed by atoms with Gasteiger partial charge in [-0.1, -0.05) is 0 Å². The first-order valence-electron chi connectivity index (χ1n) is 5.68. The second-order valence-corrected chi connectivity index (χ2v) is 3.52. The van der Waals surface area contributed by atoms with Crippen LogP contribution in [0.3, 0.4) is 0 Å². The molecule has 102 valence electrons. The molecule has 0 fully saturated rings. The number of hydrogen-bond donors (Lipinski definition) is 2. The highest BCUT2D eigenvalue weighted by molar-refractivity contribution is 6.03. The summed E-state index contributed by atoms with van der Waals surface area (Å²) in [6, 6.07) is 2.72. The molecule has 0 aliphatic rings. The number of nitrogens with zero attached hydrogens (tertiary/aromatic N) is 1. The van der Waals surface area contributed by atoms with E-state index in [9.17, 15) is 14.4 Å². The van der Waals surface area contributed by atoms with Crippen LogP contribution in [-0.2, 0) is 9.53 Å². The Balaban J connectivity index is 2.59. The van der Waals surface area contributed by atoms with Gasteiger partial charge in [0.2, 0.25) is 0 Å². The fourth-order valence-electron chi connectivity index (χ4n) is 1.35. The van der Waals surface area contributed by atoms with Crippen LogP contribution in [0, 0.1) is 0 Å². The van der Waals surface area contributed by atoms with E-state index in [2.05, 4.69) is 10.3 Å². The molecule has 0 spiro atoms. The van der Waals surface area contributed by atoms with Crippen LogP contribution in [0.5, 0.6) is 0 Å². The molecule has 1 rings (SSSR count). The van der Waals surface area contributed by atoms with Gasteiger partial charge < -0.3 is 15.2 Å². The van der Waals surface area contributed by atoms with Gasteiger partial charge in [-0.05, 0) is 19.1 Å². The number of nitrogens with one attached hydrogen (secondary N) is 1. The summed E-state index contributed by atoms with van der Waals surface area (Å²) in [4.78, 5) is 37.4. The van der Waals surface area contributed by atoms with Crippen molar-refractivity contribution in [1.29, 1.82) is 0 Å². The van der Waals surface area contributed by atoms with Crippen molar-refractivity contribution in [3.05, 3.63) is 29.6 Å². The molecule has 0 aliphatic carbocycles. The molecule has 1 aromatic rings. The Kier molecular flexibility index (Phi) is 5.46. The molecule has 7 nitrogen and oxygen atoms in total. The van der Waals surface area contributed by atoms with E-state index in [4.69, 9.17) is 9.84 Å². The normalized spacial score (nSPS) is 9.74. The number of esters is 1. The molecule has 1 amide bonds. The van der Waals surface area contributed by atoms with Crippen LogP contribution in [0.4, 0.5) is 0 Å². The third kappa shape index (κ3) is 4.38. The van der Waals surface area contributed by atoms with Gasteiger partial charge in [-0.3, -0.25) is 14.6 Å². The maximum atomic E-state index is 11.7. The molecule has 0 bridgehead atoms. The van der Waals surface area contributed by atoms with Crippen molar-refractivity contribution in [2.24, 2.45) is 0 Å². The third-order valence-electron chi connectivity index (χ3n) is 2.17. The molecule has 2 N–H and O–H groups in total. The van der Waals surface area contributed by atoms with Crippen LogP contribution < -0.4 is 5.32 Å². The summed E-state index contributed by atoms with van der Waals surface area (Å²) >= 11 is 0. The van der Waals surface area contributed by atoms with Crippen LogP contribution in [0.25, 0.3) is 0 Å². The topological polar surface area (TPSA) is 106 Å². The molecular weight excluding hydrogens is 252 g/mol. The molecule has 1 heterocycles. The number of rotatable bonds is 6. The second-order valence-electron chi connectivity index (χ2n) is 3.52. The predicted octanol–water partition coefficient (Wildman–Crippen LogP) is 0.463.